The Hall–Kier alpha value is -1.88. The van der Waals surface area contributed by atoms with Gasteiger partial charge >= 0.3 is 5.97 Å². The molecule has 1 aromatic carbocycles. The number of esters is 1. The summed E-state index contributed by atoms with van der Waals surface area (Å²) in [5, 5.41) is 10.4. The lowest BCUT2D eigenvalue weighted by Crippen LogP contribution is -2.05. The molecule has 0 atom stereocenters. The van der Waals surface area contributed by atoms with Crippen molar-refractivity contribution in [3.63, 3.8) is 0 Å². The van der Waals surface area contributed by atoms with Crippen LogP contribution in [0.4, 0.5) is 5.69 Å². The van der Waals surface area contributed by atoms with Gasteiger partial charge in [0.2, 0.25) is 0 Å². The molecule has 0 fully saturated rings. The third-order valence-corrected chi connectivity index (χ3v) is 2.06. The standard InChI is InChI=1S/C11H10ClNO4/c12-7-1-2-8-17-11(14)9-3-5-10(6-4-9)13(15)16/h1-6H,7-8H2/b2-1+. The van der Waals surface area contributed by atoms with Crippen molar-refractivity contribution in [3.8, 4) is 0 Å². The summed E-state index contributed by atoms with van der Waals surface area (Å²) in [6.07, 6.45) is 3.28. The molecule has 0 aliphatic carbocycles. The summed E-state index contributed by atoms with van der Waals surface area (Å²) in [6.45, 7) is 0.128. The molecule has 0 radical (unpaired) electrons. The summed E-state index contributed by atoms with van der Waals surface area (Å²) < 4.78 is 4.88. The molecular formula is C11H10ClNO4. The molecule has 0 spiro atoms. The number of nitro groups is 1. The summed E-state index contributed by atoms with van der Waals surface area (Å²) in [4.78, 5) is 21.3. The Morgan fingerprint density at radius 1 is 1.35 bits per heavy atom. The van der Waals surface area contributed by atoms with Gasteiger partial charge in [-0.3, -0.25) is 10.1 Å². The second kappa shape index (κ2) is 6.65. The number of carbonyl (C=O) groups is 1. The first-order chi connectivity index (χ1) is 8.15. The first-order valence-corrected chi connectivity index (χ1v) is 5.31. The van der Waals surface area contributed by atoms with Crippen molar-refractivity contribution in [3.05, 3.63) is 52.1 Å². The van der Waals surface area contributed by atoms with E-state index in [1.165, 1.54) is 24.3 Å². The number of nitrogens with zero attached hydrogens (tertiary/aromatic N) is 1. The minimum atomic E-state index is -0.529. The van der Waals surface area contributed by atoms with Gasteiger partial charge in [0.15, 0.2) is 0 Å². The average molecular weight is 256 g/mol. The Balaban J connectivity index is 2.57. The van der Waals surface area contributed by atoms with Crippen molar-refractivity contribution in [2.75, 3.05) is 12.5 Å². The van der Waals surface area contributed by atoms with Crippen LogP contribution in [0.2, 0.25) is 0 Å². The van der Waals surface area contributed by atoms with E-state index in [1.807, 2.05) is 0 Å². The van der Waals surface area contributed by atoms with Gasteiger partial charge in [0.25, 0.3) is 5.69 Å². The van der Waals surface area contributed by atoms with Gasteiger partial charge in [0.05, 0.1) is 10.5 Å². The van der Waals surface area contributed by atoms with E-state index in [9.17, 15) is 14.9 Å². The van der Waals surface area contributed by atoms with Crippen LogP contribution in [0.3, 0.4) is 0 Å². The number of carbonyl (C=O) groups excluding carboxylic acids is 1. The van der Waals surface area contributed by atoms with Crippen LogP contribution >= 0.6 is 11.6 Å². The van der Waals surface area contributed by atoms with E-state index in [4.69, 9.17) is 16.3 Å². The Morgan fingerprint density at radius 3 is 2.53 bits per heavy atom. The number of ether oxygens (including phenoxy) is 1. The lowest BCUT2D eigenvalue weighted by molar-refractivity contribution is -0.384. The number of hydrogen-bond acceptors (Lipinski definition) is 4. The maximum Gasteiger partial charge on any atom is 0.338 e. The topological polar surface area (TPSA) is 69.4 Å². The fraction of sp³-hybridized carbons (Fsp3) is 0.182. The Bertz CT molecular complexity index is 428. The third-order valence-electron chi connectivity index (χ3n) is 1.88. The first-order valence-electron chi connectivity index (χ1n) is 4.77. The zero-order chi connectivity index (χ0) is 12.7. The normalized spacial score (nSPS) is 10.4. The molecule has 0 saturated heterocycles. The van der Waals surface area contributed by atoms with Crippen LogP contribution in [0, 0.1) is 10.1 Å². The molecule has 1 aromatic rings. The average Bonchev–Trinajstić information content (AvgIpc) is 2.34. The SMILES string of the molecule is O=C(OC/C=C/CCl)c1ccc([N+](=O)[O-])cc1. The fourth-order valence-corrected chi connectivity index (χ4v) is 1.18. The van der Waals surface area contributed by atoms with E-state index in [-0.39, 0.29) is 17.9 Å². The molecule has 1 rings (SSSR count). The predicted molar refractivity (Wildman–Crippen MR) is 63.2 cm³/mol. The Kier molecular flexibility index (Phi) is 5.16. The van der Waals surface area contributed by atoms with Crippen LogP contribution < -0.4 is 0 Å². The summed E-state index contributed by atoms with van der Waals surface area (Å²) >= 11 is 5.39. The highest BCUT2D eigenvalue weighted by Crippen LogP contribution is 2.12. The highest BCUT2D eigenvalue weighted by atomic mass is 35.5. The van der Waals surface area contributed by atoms with Gasteiger partial charge in [0, 0.05) is 18.0 Å². The number of non-ortho nitro benzene ring substituents is 1. The van der Waals surface area contributed by atoms with Gasteiger partial charge in [-0.15, -0.1) is 11.6 Å². The zero-order valence-electron chi connectivity index (χ0n) is 8.84. The van der Waals surface area contributed by atoms with Crippen molar-refractivity contribution in [2.24, 2.45) is 0 Å². The lowest BCUT2D eigenvalue weighted by Gasteiger charge is -2.01. The molecule has 0 aromatic heterocycles. The van der Waals surface area contributed by atoms with E-state index in [1.54, 1.807) is 12.2 Å². The van der Waals surface area contributed by atoms with Gasteiger partial charge < -0.3 is 4.74 Å². The van der Waals surface area contributed by atoms with Crippen LogP contribution in [0.15, 0.2) is 36.4 Å². The van der Waals surface area contributed by atoms with Gasteiger partial charge in [-0.25, -0.2) is 4.79 Å². The van der Waals surface area contributed by atoms with Crippen molar-refractivity contribution in [1.29, 1.82) is 0 Å². The number of hydrogen-bond donors (Lipinski definition) is 0. The molecule has 0 heterocycles. The Labute approximate surface area is 103 Å². The molecule has 90 valence electrons. The predicted octanol–water partition coefficient (Wildman–Crippen LogP) is 2.55. The number of allylic oxidation sites excluding steroid dienone is 1. The number of nitro benzene ring substituents is 1. The van der Waals surface area contributed by atoms with Crippen LogP contribution in [0.5, 0.6) is 0 Å². The van der Waals surface area contributed by atoms with Crippen molar-refractivity contribution >= 4 is 23.3 Å². The molecule has 0 saturated carbocycles. The van der Waals surface area contributed by atoms with Crippen molar-refractivity contribution < 1.29 is 14.5 Å². The van der Waals surface area contributed by atoms with E-state index in [2.05, 4.69) is 0 Å². The quantitative estimate of drug-likeness (QED) is 0.267. The van der Waals surface area contributed by atoms with Crippen LogP contribution in [-0.4, -0.2) is 23.4 Å². The highest BCUT2D eigenvalue weighted by Gasteiger charge is 2.09. The summed E-state index contributed by atoms with van der Waals surface area (Å²) in [5.74, 6) is -0.172. The van der Waals surface area contributed by atoms with Gasteiger partial charge in [0.1, 0.15) is 6.61 Å². The smallest absolute Gasteiger partial charge is 0.338 e. The molecule has 17 heavy (non-hydrogen) atoms. The molecule has 6 heteroatoms. The van der Waals surface area contributed by atoms with Gasteiger partial charge in [-0.2, -0.15) is 0 Å². The van der Waals surface area contributed by atoms with Crippen molar-refractivity contribution in [1.82, 2.24) is 0 Å². The maximum atomic E-state index is 11.4. The second-order valence-electron chi connectivity index (χ2n) is 3.03. The number of rotatable bonds is 5. The molecule has 0 aliphatic heterocycles. The van der Waals surface area contributed by atoms with Crippen molar-refractivity contribution in [2.45, 2.75) is 0 Å². The van der Waals surface area contributed by atoms with Gasteiger partial charge in [-0.1, -0.05) is 12.2 Å². The molecule has 0 amide bonds. The highest BCUT2D eigenvalue weighted by molar-refractivity contribution is 6.18. The van der Waals surface area contributed by atoms with Crippen LogP contribution in [0.25, 0.3) is 0 Å². The number of benzene rings is 1. The van der Waals surface area contributed by atoms with E-state index in [0.29, 0.717) is 5.88 Å². The number of alkyl halides is 1. The lowest BCUT2D eigenvalue weighted by atomic mass is 10.2. The summed E-state index contributed by atoms with van der Waals surface area (Å²) in [6, 6.07) is 5.22. The minimum absolute atomic E-state index is 0.0661. The van der Waals surface area contributed by atoms with Crippen LogP contribution in [0.1, 0.15) is 10.4 Å². The summed E-state index contributed by atoms with van der Waals surface area (Å²) in [7, 11) is 0. The monoisotopic (exact) mass is 255 g/mol. The second-order valence-corrected chi connectivity index (χ2v) is 3.34. The number of halogens is 1. The molecule has 0 bridgehead atoms. The maximum absolute atomic E-state index is 11.4. The Morgan fingerprint density at radius 2 is 2.00 bits per heavy atom. The molecule has 0 unspecified atom stereocenters. The molecular weight excluding hydrogens is 246 g/mol. The third kappa shape index (κ3) is 4.24. The van der Waals surface area contributed by atoms with E-state index >= 15 is 0 Å². The molecule has 5 nitrogen and oxygen atoms in total. The van der Waals surface area contributed by atoms with E-state index < -0.39 is 10.9 Å². The molecule has 0 N–H and O–H groups in total. The summed E-state index contributed by atoms with van der Waals surface area (Å²) in [5.41, 5.74) is 0.207. The first kappa shape index (κ1) is 13.2. The van der Waals surface area contributed by atoms with Gasteiger partial charge in [-0.05, 0) is 12.1 Å². The van der Waals surface area contributed by atoms with Crippen LogP contribution in [-0.2, 0) is 4.74 Å². The minimum Gasteiger partial charge on any atom is -0.458 e. The largest absolute Gasteiger partial charge is 0.458 e. The fourth-order valence-electron chi connectivity index (χ4n) is 1.06. The zero-order valence-corrected chi connectivity index (χ0v) is 9.59. The molecule has 0 aliphatic rings. The van der Waals surface area contributed by atoms with E-state index in [0.717, 1.165) is 0 Å².